The molecule has 1 fully saturated rings. The lowest BCUT2D eigenvalue weighted by atomic mass is 10.2. The maximum atomic E-state index is 5.60. The molecule has 0 N–H and O–H groups in total. The predicted molar refractivity (Wildman–Crippen MR) is 42.5 cm³/mol. The van der Waals surface area contributed by atoms with E-state index in [2.05, 4.69) is 13.1 Å². The minimum atomic E-state index is -0.474. The summed E-state index contributed by atoms with van der Waals surface area (Å²) in [6, 6.07) is 0. The summed E-state index contributed by atoms with van der Waals surface area (Å²) in [5, 5.41) is 0. The Hall–Kier alpha value is 0.177. The fraction of sp³-hybridized carbons (Fsp3) is 1.00. The largest absolute Gasteiger partial charge is 0.382 e. The van der Waals surface area contributed by atoms with Gasteiger partial charge in [-0.25, -0.2) is 0 Å². The molecule has 0 saturated carbocycles. The fourth-order valence-electron chi connectivity index (χ4n) is 1.29. The molecular weight excluding hydrogens is 128 g/mol. The first-order valence-electron chi connectivity index (χ1n) is 3.92. The number of rotatable bonds is 1. The summed E-state index contributed by atoms with van der Waals surface area (Å²) in [4.78, 5) is 0. The lowest BCUT2D eigenvalue weighted by Gasteiger charge is -2.24. The van der Waals surface area contributed by atoms with Crippen LogP contribution in [0.1, 0.15) is 19.3 Å². The number of hydrogen-bond donors (Lipinski definition) is 0. The van der Waals surface area contributed by atoms with Gasteiger partial charge in [0, 0.05) is 12.3 Å². The monoisotopic (exact) mass is 144 g/mol. The zero-order valence-corrected chi connectivity index (χ0v) is 7.55. The molecule has 1 saturated heterocycles. The lowest BCUT2D eigenvalue weighted by molar-refractivity contribution is 0.0631. The maximum absolute atomic E-state index is 5.60. The standard InChI is InChI=1S/C7H16OSi/c1-9(2)7-5-3-4-6-8-7/h7,9H,3-6H2,1-2H3/t7-/m0/s1. The molecule has 0 aromatic rings. The van der Waals surface area contributed by atoms with Gasteiger partial charge in [0.2, 0.25) is 0 Å². The lowest BCUT2D eigenvalue weighted by Crippen LogP contribution is -2.31. The maximum Gasteiger partial charge on any atom is 0.0656 e. The van der Waals surface area contributed by atoms with Gasteiger partial charge in [0.15, 0.2) is 0 Å². The average molecular weight is 144 g/mol. The Morgan fingerprint density at radius 3 is 2.44 bits per heavy atom. The Kier molecular flexibility index (Phi) is 2.73. The molecule has 0 aromatic heterocycles. The molecule has 0 bridgehead atoms. The van der Waals surface area contributed by atoms with E-state index in [0.717, 1.165) is 6.61 Å². The predicted octanol–water partition coefficient (Wildman–Crippen LogP) is 1.58. The normalized spacial score (nSPS) is 29.0. The molecule has 1 atom stereocenters. The van der Waals surface area contributed by atoms with Crippen molar-refractivity contribution in [2.24, 2.45) is 0 Å². The Balaban J connectivity index is 2.23. The van der Waals surface area contributed by atoms with E-state index in [9.17, 15) is 0 Å². The van der Waals surface area contributed by atoms with Crippen molar-refractivity contribution in [3.63, 3.8) is 0 Å². The van der Waals surface area contributed by atoms with Crippen molar-refractivity contribution < 1.29 is 4.74 Å². The molecule has 2 heteroatoms. The van der Waals surface area contributed by atoms with Crippen LogP contribution < -0.4 is 0 Å². The highest BCUT2D eigenvalue weighted by Gasteiger charge is 2.17. The van der Waals surface area contributed by atoms with Crippen molar-refractivity contribution >= 4 is 8.80 Å². The van der Waals surface area contributed by atoms with E-state index < -0.39 is 8.80 Å². The van der Waals surface area contributed by atoms with Crippen LogP contribution in [0.5, 0.6) is 0 Å². The Morgan fingerprint density at radius 2 is 2.11 bits per heavy atom. The molecule has 9 heavy (non-hydrogen) atoms. The van der Waals surface area contributed by atoms with Gasteiger partial charge >= 0.3 is 0 Å². The Morgan fingerprint density at radius 1 is 1.33 bits per heavy atom. The summed E-state index contributed by atoms with van der Waals surface area (Å²) in [5.74, 6) is 0. The molecule has 1 aliphatic heterocycles. The van der Waals surface area contributed by atoms with Crippen LogP contribution in [0.25, 0.3) is 0 Å². The molecule has 54 valence electrons. The van der Waals surface area contributed by atoms with Crippen molar-refractivity contribution in [3.8, 4) is 0 Å². The summed E-state index contributed by atoms with van der Waals surface area (Å²) in [5.41, 5.74) is 0.693. The van der Waals surface area contributed by atoms with Crippen LogP contribution in [0.3, 0.4) is 0 Å². The topological polar surface area (TPSA) is 9.23 Å². The van der Waals surface area contributed by atoms with Gasteiger partial charge in [0.25, 0.3) is 0 Å². The molecule has 0 unspecified atom stereocenters. The minimum absolute atomic E-state index is 0.474. The van der Waals surface area contributed by atoms with Gasteiger partial charge in [-0.1, -0.05) is 13.1 Å². The second-order valence-corrected chi connectivity index (χ2v) is 6.38. The molecular formula is C7H16OSi. The summed E-state index contributed by atoms with van der Waals surface area (Å²) in [6.07, 6.45) is 4.03. The van der Waals surface area contributed by atoms with Crippen molar-refractivity contribution in [2.75, 3.05) is 6.61 Å². The van der Waals surface area contributed by atoms with E-state index in [1.165, 1.54) is 19.3 Å². The second-order valence-electron chi connectivity index (χ2n) is 3.15. The molecule has 0 spiro atoms. The minimum Gasteiger partial charge on any atom is -0.382 e. The summed E-state index contributed by atoms with van der Waals surface area (Å²) in [6.45, 7) is 5.77. The van der Waals surface area contributed by atoms with Gasteiger partial charge in [-0.05, 0) is 19.3 Å². The molecule has 1 nitrogen and oxygen atoms in total. The molecule has 1 rings (SSSR count). The third-order valence-electron chi connectivity index (χ3n) is 1.96. The highest BCUT2D eigenvalue weighted by molar-refractivity contribution is 6.57. The third-order valence-corrected chi connectivity index (χ3v) is 3.97. The summed E-state index contributed by atoms with van der Waals surface area (Å²) in [7, 11) is -0.474. The molecule has 0 aromatic carbocycles. The second kappa shape index (κ2) is 3.37. The van der Waals surface area contributed by atoms with Crippen LogP contribution in [0, 0.1) is 0 Å². The van der Waals surface area contributed by atoms with Gasteiger partial charge in [-0.3, -0.25) is 0 Å². The quantitative estimate of drug-likeness (QED) is 0.508. The van der Waals surface area contributed by atoms with Gasteiger partial charge in [-0.2, -0.15) is 0 Å². The highest BCUT2D eigenvalue weighted by atomic mass is 28.3. The summed E-state index contributed by atoms with van der Waals surface area (Å²) >= 11 is 0. The molecule has 0 aliphatic carbocycles. The zero-order chi connectivity index (χ0) is 6.69. The van der Waals surface area contributed by atoms with E-state index in [1.807, 2.05) is 0 Å². The first-order valence-corrected chi connectivity index (χ1v) is 6.90. The average Bonchev–Trinajstić information content (AvgIpc) is 1.90. The van der Waals surface area contributed by atoms with E-state index in [0.29, 0.717) is 5.73 Å². The third kappa shape index (κ3) is 2.10. The molecule has 0 radical (unpaired) electrons. The van der Waals surface area contributed by atoms with E-state index in [1.54, 1.807) is 0 Å². The van der Waals surface area contributed by atoms with Gasteiger partial charge < -0.3 is 4.74 Å². The van der Waals surface area contributed by atoms with E-state index in [4.69, 9.17) is 4.74 Å². The molecule has 1 heterocycles. The Bertz CT molecular complexity index is 77.0. The molecule has 0 amide bonds. The molecule has 1 aliphatic rings. The smallest absolute Gasteiger partial charge is 0.0656 e. The number of hydrogen-bond acceptors (Lipinski definition) is 1. The van der Waals surface area contributed by atoms with E-state index >= 15 is 0 Å². The van der Waals surface area contributed by atoms with Gasteiger partial charge in [0.05, 0.1) is 8.80 Å². The first kappa shape index (κ1) is 7.29. The van der Waals surface area contributed by atoms with Crippen LogP contribution in [0.4, 0.5) is 0 Å². The fourth-order valence-corrected chi connectivity index (χ4v) is 2.71. The number of ether oxygens (including phenoxy) is 1. The van der Waals surface area contributed by atoms with Crippen molar-refractivity contribution in [1.82, 2.24) is 0 Å². The van der Waals surface area contributed by atoms with Crippen molar-refractivity contribution in [3.05, 3.63) is 0 Å². The van der Waals surface area contributed by atoms with Crippen LogP contribution in [-0.2, 0) is 4.74 Å². The van der Waals surface area contributed by atoms with Crippen LogP contribution in [0.2, 0.25) is 13.1 Å². The Labute approximate surface area is 59.0 Å². The first-order chi connectivity index (χ1) is 4.30. The highest BCUT2D eigenvalue weighted by Crippen LogP contribution is 2.14. The van der Waals surface area contributed by atoms with Crippen molar-refractivity contribution in [1.29, 1.82) is 0 Å². The SMILES string of the molecule is C[SiH](C)[C@H]1CCCCO1. The summed E-state index contributed by atoms with van der Waals surface area (Å²) < 4.78 is 5.60. The van der Waals surface area contributed by atoms with Crippen molar-refractivity contribution in [2.45, 2.75) is 38.1 Å². The van der Waals surface area contributed by atoms with Gasteiger partial charge in [0.1, 0.15) is 0 Å². The van der Waals surface area contributed by atoms with E-state index in [-0.39, 0.29) is 0 Å². The van der Waals surface area contributed by atoms with Crippen LogP contribution in [-0.4, -0.2) is 21.1 Å². The van der Waals surface area contributed by atoms with Crippen LogP contribution in [0.15, 0.2) is 0 Å². The zero-order valence-electron chi connectivity index (χ0n) is 6.39. The van der Waals surface area contributed by atoms with Gasteiger partial charge in [-0.15, -0.1) is 0 Å². The van der Waals surface area contributed by atoms with Crippen LogP contribution >= 0.6 is 0 Å².